The second-order valence-corrected chi connectivity index (χ2v) is 8.20. The fraction of sp³-hybridized carbons (Fsp3) is 0.136. The van der Waals surface area contributed by atoms with Crippen molar-refractivity contribution in [2.45, 2.75) is 12.6 Å². The average molecular weight is 438 g/mol. The second-order valence-electron chi connectivity index (χ2n) is 6.76. The monoisotopic (exact) mass is 437 g/mol. The fourth-order valence-electron chi connectivity index (χ4n) is 3.23. The molecule has 5 rings (SSSR count). The topological polar surface area (TPSA) is 64.6 Å². The number of thiazole rings is 1. The van der Waals surface area contributed by atoms with Crippen LogP contribution in [0.2, 0.25) is 5.02 Å². The van der Waals surface area contributed by atoms with E-state index in [-0.39, 0.29) is 12.5 Å². The Morgan fingerprint density at radius 3 is 2.87 bits per heavy atom. The first kappa shape index (κ1) is 18.8. The predicted molar refractivity (Wildman–Crippen MR) is 116 cm³/mol. The van der Waals surface area contributed by atoms with Gasteiger partial charge in [-0.05, 0) is 42.0 Å². The summed E-state index contributed by atoms with van der Waals surface area (Å²) in [5.41, 5.74) is 1.68. The summed E-state index contributed by atoms with van der Waals surface area (Å²) in [4.78, 5) is 23.9. The van der Waals surface area contributed by atoms with Crippen LogP contribution in [0.15, 0.2) is 67.0 Å². The van der Waals surface area contributed by atoms with Crippen LogP contribution >= 0.6 is 22.9 Å². The number of anilines is 1. The van der Waals surface area contributed by atoms with E-state index in [4.69, 9.17) is 21.1 Å². The molecule has 0 aliphatic carbocycles. The number of hydrogen-bond acceptors (Lipinski definition) is 6. The quantitative estimate of drug-likeness (QED) is 0.462. The number of pyridine rings is 1. The van der Waals surface area contributed by atoms with Crippen LogP contribution in [0.5, 0.6) is 11.5 Å². The molecule has 0 saturated carbocycles. The molecule has 0 saturated heterocycles. The first-order chi connectivity index (χ1) is 14.7. The molecule has 0 unspecified atom stereocenters. The van der Waals surface area contributed by atoms with Crippen molar-refractivity contribution in [3.8, 4) is 11.5 Å². The molecule has 150 valence electrons. The molecule has 6 nitrogen and oxygen atoms in total. The van der Waals surface area contributed by atoms with Gasteiger partial charge in [-0.1, -0.05) is 41.1 Å². The predicted octanol–water partition coefficient (Wildman–Crippen LogP) is 4.72. The summed E-state index contributed by atoms with van der Waals surface area (Å²) in [6.07, 6.45) is 2.66. The lowest BCUT2D eigenvalue weighted by molar-refractivity contribution is -0.127. The van der Waals surface area contributed by atoms with Crippen LogP contribution in [0.25, 0.3) is 10.2 Å². The Morgan fingerprint density at radius 1 is 1.17 bits per heavy atom. The van der Waals surface area contributed by atoms with Crippen LogP contribution in [0, 0.1) is 0 Å². The molecule has 0 bridgehead atoms. The number of rotatable bonds is 4. The van der Waals surface area contributed by atoms with Gasteiger partial charge in [0, 0.05) is 17.4 Å². The van der Waals surface area contributed by atoms with Crippen molar-refractivity contribution < 1.29 is 14.3 Å². The summed E-state index contributed by atoms with van der Waals surface area (Å²) >= 11 is 7.53. The highest BCUT2D eigenvalue weighted by Gasteiger charge is 2.33. The van der Waals surface area contributed by atoms with E-state index >= 15 is 0 Å². The lowest BCUT2D eigenvalue weighted by Gasteiger charge is -2.29. The third-order valence-corrected chi connectivity index (χ3v) is 5.96. The lowest BCUT2D eigenvalue weighted by atomic mass is 10.2. The molecule has 3 heterocycles. The summed E-state index contributed by atoms with van der Waals surface area (Å²) in [5, 5.41) is 1.20. The van der Waals surface area contributed by atoms with Crippen LogP contribution in [0.1, 0.15) is 5.56 Å². The summed E-state index contributed by atoms with van der Waals surface area (Å²) in [6, 6.07) is 16.6. The fourth-order valence-corrected chi connectivity index (χ4v) is 4.48. The second kappa shape index (κ2) is 7.93. The standard InChI is InChI=1S/C22H16ClN3O3S/c23-15-7-8-16-20(10-15)30-22(25-16)26(12-14-4-3-9-24-11-14)21(27)19-13-28-17-5-1-2-6-18(17)29-19/h1-11,19H,12-13H2/t19-/m1/s1. The zero-order chi connectivity index (χ0) is 20.5. The number of halogens is 1. The number of aromatic nitrogens is 2. The van der Waals surface area contributed by atoms with Gasteiger partial charge in [-0.2, -0.15) is 0 Å². The Bertz CT molecular complexity index is 1210. The Morgan fingerprint density at radius 2 is 2.03 bits per heavy atom. The van der Waals surface area contributed by atoms with Gasteiger partial charge < -0.3 is 9.47 Å². The van der Waals surface area contributed by atoms with E-state index in [0.717, 1.165) is 15.8 Å². The number of hydrogen-bond donors (Lipinski definition) is 0. The van der Waals surface area contributed by atoms with Gasteiger partial charge in [0.2, 0.25) is 6.10 Å². The van der Waals surface area contributed by atoms with E-state index in [2.05, 4.69) is 9.97 Å². The Hall–Kier alpha value is -3.16. The number of para-hydroxylation sites is 2. The number of amides is 1. The number of nitrogens with zero attached hydrogens (tertiary/aromatic N) is 3. The van der Waals surface area contributed by atoms with Gasteiger partial charge >= 0.3 is 0 Å². The van der Waals surface area contributed by atoms with Crippen molar-refractivity contribution >= 4 is 44.2 Å². The molecule has 1 amide bonds. The SMILES string of the molecule is O=C([C@H]1COc2ccccc2O1)N(Cc1cccnc1)c1nc2ccc(Cl)cc2s1. The highest BCUT2D eigenvalue weighted by atomic mass is 35.5. The van der Waals surface area contributed by atoms with Gasteiger partial charge in [0.15, 0.2) is 16.6 Å². The summed E-state index contributed by atoms with van der Waals surface area (Å²) in [6.45, 7) is 0.456. The van der Waals surface area contributed by atoms with Crippen LogP contribution in [0.3, 0.4) is 0 Å². The summed E-state index contributed by atoms with van der Waals surface area (Å²) in [5.74, 6) is 0.966. The van der Waals surface area contributed by atoms with Crippen molar-refractivity contribution in [3.63, 3.8) is 0 Å². The van der Waals surface area contributed by atoms with Gasteiger partial charge in [-0.25, -0.2) is 4.98 Å². The average Bonchev–Trinajstić information content (AvgIpc) is 3.20. The van der Waals surface area contributed by atoms with Crippen LogP contribution in [-0.4, -0.2) is 28.6 Å². The normalized spacial score (nSPS) is 15.2. The minimum Gasteiger partial charge on any atom is -0.485 e. The molecule has 0 fully saturated rings. The molecule has 2 aromatic heterocycles. The number of fused-ring (bicyclic) bond motifs is 2. The van der Waals surface area contributed by atoms with E-state index in [9.17, 15) is 4.79 Å². The molecule has 8 heteroatoms. The van der Waals surface area contributed by atoms with Gasteiger partial charge in [-0.15, -0.1) is 0 Å². The maximum absolute atomic E-state index is 13.5. The Balaban J connectivity index is 1.49. The van der Waals surface area contributed by atoms with E-state index in [1.54, 1.807) is 29.4 Å². The minimum absolute atomic E-state index is 0.135. The first-order valence-electron chi connectivity index (χ1n) is 9.32. The number of benzene rings is 2. The van der Waals surface area contributed by atoms with Gasteiger partial charge in [-0.3, -0.25) is 14.7 Å². The third kappa shape index (κ3) is 3.69. The van der Waals surface area contributed by atoms with Crippen LogP contribution in [-0.2, 0) is 11.3 Å². The van der Waals surface area contributed by atoms with Gasteiger partial charge in [0.05, 0.1) is 16.8 Å². The van der Waals surface area contributed by atoms with Crippen LogP contribution in [0.4, 0.5) is 5.13 Å². The molecule has 1 atom stereocenters. The summed E-state index contributed by atoms with van der Waals surface area (Å²) < 4.78 is 12.6. The molecular formula is C22H16ClN3O3S. The van der Waals surface area contributed by atoms with Crippen molar-refractivity contribution in [2.75, 3.05) is 11.5 Å². The zero-order valence-corrected chi connectivity index (χ0v) is 17.3. The molecule has 2 aromatic carbocycles. The minimum atomic E-state index is -0.771. The molecule has 0 spiro atoms. The van der Waals surface area contributed by atoms with Crippen molar-refractivity contribution in [2.24, 2.45) is 0 Å². The summed E-state index contributed by atoms with van der Waals surface area (Å²) in [7, 11) is 0. The molecular weight excluding hydrogens is 422 g/mol. The highest BCUT2D eigenvalue weighted by molar-refractivity contribution is 7.22. The molecule has 0 radical (unpaired) electrons. The number of ether oxygens (including phenoxy) is 2. The maximum atomic E-state index is 13.5. The van der Waals surface area contributed by atoms with E-state index in [1.807, 2.05) is 42.5 Å². The van der Waals surface area contributed by atoms with Crippen molar-refractivity contribution in [3.05, 3.63) is 77.6 Å². The highest BCUT2D eigenvalue weighted by Crippen LogP contribution is 2.34. The van der Waals surface area contributed by atoms with Crippen molar-refractivity contribution in [1.82, 2.24) is 9.97 Å². The van der Waals surface area contributed by atoms with E-state index in [0.29, 0.717) is 28.2 Å². The number of carbonyl (C=O) groups excluding carboxylic acids is 1. The molecule has 4 aromatic rings. The number of carbonyl (C=O) groups is 1. The van der Waals surface area contributed by atoms with E-state index in [1.165, 1.54) is 11.3 Å². The van der Waals surface area contributed by atoms with Gasteiger partial charge in [0.1, 0.15) is 6.61 Å². The third-order valence-electron chi connectivity index (χ3n) is 4.68. The Labute approximate surface area is 181 Å². The maximum Gasteiger partial charge on any atom is 0.273 e. The van der Waals surface area contributed by atoms with Crippen LogP contribution < -0.4 is 14.4 Å². The van der Waals surface area contributed by atoms with E-state index < -0.39 is 6.10 Å². The molecule has 30 heavy (non-hydrogen) atoms. The van der Waals surface area contributed by atoms with Crippen molar-refractivity contribution in [1.29, 1.82) is 0 Å². The van der Waals surface area contributed by atoms with Gasteiger partial charge in [0.25, 0.3) is 5.91 Å². The largest absolute Gasteiger partial charge is 0.485 e. The first-order valence-corrected chi connectivity index (χ1v) is 10.5. The molecule has 1 aliphatic rings. The smallest absolute Gasteiger partial charge is 0.273 e. The molecule has 1 aliphatic heterocycles. The zero-order valence-electron chi connectivity index (χ0n) is 15.7. The Kier molecular flexibility index (Phi) is 4.98. The molecule has 0 N–H and O–H groups in total. The lowest BCUT2D eigenvalue weighted by Crippen LogP contribution is -2.46.